The molecule has 0 saturated heterocycles. The molecule has 0 saturated carbocycles. The van der Waals surface area contributed by atoms with E-state index in [9.17, 15) is 0 Å². The predicted molar refractivity (Wildman–Crippen MR) is 101 cm³/mol. The van der Waals surface area contributed by atoms with Crippen LogP contribution >= 0.6 is 0 Å². The number of hydrogen-bond acceptors (Lipinski definition) is 1. The van der Waals surface area contributed by atoms with Crippen LogP contribution in [0.1, 0.15) is 56.4 Å². The number of hydrogen-bond donors (Lipinski definition) is 0. The molecule has 2 nitrogen and oxygen atoms in total. The average molecular weight is 318 g/mol. The third-order valence-corrected chi connectivity index (χ3v) is 4.60. The molecular formula is C22H26N2. The summed E-state index contributed by atoms with van der Waals surface area (Å²) in [6, 6.07) is 19.4. The Labute approximate surface area is 145 Å². The zero-order valence-corrected chi connectivity index (χ0v) is 15.0. The van der Waals surface area contributed by atoms with Crippen LogP contribution in [-0.4, -0.2) is 9.55 Å². The molecule has 1 heterocycles. The van der Waals surface area contributed by atoms with Crippen LogP contribution in [0.2, 0.25) is 0 Å². The van der Waals surface area contributed by atoms with Crippen molar-refractivity contribution in [3.05, 3.63) is 83.9 Å². The maximum Gasteiger partial charge on any atom is 0.0995 e. The van der Waals surface area contributed by atoms with Gasteiger partial charge in [0, 0.05) is 17.8 Å². The Morgan fingerprint density at radius 2 is 1.46 bits per heavy atom. The number of rotatable bonds is 5. The molecule has 2 heteroatoms. The molecule has 0 spiro atoms. The van der Waals surface area contributed by atoms with Gasteiger partial charge in [-0.2, -0.15) is 0 Å². The first-order valence-corrected chi connectivity index (χ1v) is 8.75. The minimum Gasteiger partial charge on any atom is -0.306 e. The minimum absolute atomic E-state index is 0.322. The molecular weight excluding hydrogens is 292 g/mol. The van der Waals surface area contributed by atoms with Crippen molar-refractivity contribution in [2.24, 2.45) is 5.92 Å². The van der Waals surface area contributed by atoms with Gasteiger partial charge < -0.3 is 4.57 Å². The van der Waals surface area contributed by atoms with Gasteiger partial charge in [0.2, 0.25) is 0 Å². The highest BCUT2D eigenvalue weighted by molar-refractivity contribution is 5.37. The third kappa shape index (κ3) is 3.43. The van der Waals surface area contributed by atoms with E-state index in [1.165, 1.54) is 11.1 Å². The summed E-state index contributed by atoms with van der Waals surface area (Å²) in [5.74, 6) is 1.38. The van der Waals surface area contributed by atoms with E-state index < -0.39 is 0 Å². The summed E-state index contributed by atoms with van der Waals surface area (Å²) in [6.07, 6.45) is 4.10. The van der Waals surface area contributed by atoms with Crippen LogP contribution in [0.3, 0.4) is 0 Å². The molecule has 124 valence electrons. The molecule has 0 aliphatic rings. The molecule has 1 unspecified atom stereocenters. The van der Waals surface area contributed by atoms with Crippen LogP contribution in [0.15, 0.2) is 67.1 Å². The van der Waals surface area contributed by atoms with Gasteiger partial charge in [-0.1, -0.05) is 70.2 Å². The zero-order valence-electron chi connectivity index (χ0n) is 15.0. The summed E-state index contributed by atoms with van der Waals surface area (Å²) in [5, 5.41) is 0. The van der Waals surface area contributed by atoms with Crippen molar-refractivity contribution in [3.8, 4) is 5.69 Å². The highest BCUT2D eigenvalue weighted by Gasteiger charge is 2.20. The van der Waals surface area contributed by atoms with Crippen LogP contribution in [0, 0.1) is 5.92 Å². The summed E-state index contributed by atoms with van der Waals surface area (Å²) >= 11 is 0. The Kier molecular flexibility index (Phi) is 4.84. The summed E-state index contributed by atoms with van der Waals surface area (Å²) in [7, 11) is 0. The Bertz CT molecular complexity index is 767. The SMILES string of the molecule is CC(C)c1ccc(-n2cnc(C(c3ccccc3)C(C)C)c2)cc1. The second-order valence-corrected chi connectivity index (χ2v) is 7.08. The quantitative estimate of drug-likeness (QED) is 0.582. The summed E-state index contributed by atoms with van der Waals surface area (Å²) in [5.41, 5.74) is 4.98. The van der Waals surface area contributed by atoms with E-state index in [0.717, 1.165) is 11.4 Å². The van der Waals surface area contributed by atoms with Gasteiger partial charge in [0.15, 0.2) is 0 Å². The van der Waals surface area contributed by atoms with E-state index in [1.54, 1.807) is 0 Å². The number of imidazole rings is 1. The van der Waals surface area contributed by atoms with Gasteiger partial charge in [-0.15, -0.1) is 0 Å². The highest BCUT2D eigenvalue weighted by Crippen LogP contribution is 2.31. The second kappa shape index (κ2) is 7.04. The van der Waals surface area contributed by atoms with Gasteiger partial charge in [-0.3, -0.25) is 0 Å². The topological polar surface area (TPSA) is 17.8 Å². The third-order valence-electron chi connectivity index (χ3n) is 4.60. The van der Waals surface area contributed by atoms with E-state index in [2.05, 4.69) is 93.1 Å². The molecule has 1 aromatic heterocycles. The fourth-order valence-corrected chi connectivity index (χ4v) is 3.23. The molecule has 0 aliphatic heterocycles. The normalized spacial score (nSPS) is 12.8. The smallest absolute Gasteiger partial charge is 0.0995 e. The summed E-state index contributed by atoms with van der Waals surface area (Å²) < 4.78 is 2.12. The van der Waals surface area contributed by atoms with Crippen LogP contribution in [0.25, 0.3) is 5.69 Å². The first-order chi connectivity index (χ1) is 11.6. The molecule has 0 radical (unpaired) electrons. The van der Waals surface area contributed by atoms with Gasteiger partial charge in [-0.05, 0) is 35.1 Å². The van der Waals surface area contributed by atoms with Gasteiger partial charge in [-0.25, -0.2) is 4.98 Å². The highest BCUT2D eigenvalue weighted by atomic mass is 15.0. The molecule has 0 aliphatic carbocycles. The van der Waals surface area contributed by atoms with Crippen LogP contribution in [0.4, 0.5) is 0 Å². The van der Waals surface area contributed by atoms with Gasteiger partial charge in [0.1, 0.15) is 0 Å². The van der Waals surface area contributed by atoms with Crippen molar-refractivity contribution in [2.45, 2.75) is 39.5 Å². The molecule has 0 N–H and O–H groups in total. The lowest BCUT2D eigenvalue weighted by Gasteiger charge is -2.19. The van der Waals surface area contributed by atoms with Crippen molar-refractivity contribution in [1.29, 1.82) is 0 Å². The van der Waals surface area contributed by atoms with Crippen LogP contribution in [0.5, 0.6) is 0 Å². The largest absolute Gasteiger partial charge is 0.306 e. The molecule has 2 aromatic carbocycles. The van der Waals surface area contributed by atoms with Gasteiger partial charge >= 0.3 is 0 Å². The molecule has 0 fully saturated rings. The van der Waals surface area contributed by atoms with Crippen molar-refractivity contribution in [2.75, 3.05) is 0 Å². The number of nitrogens with zero attached hydrogens (tertiary/aromatic N) is 2. The average Bonchev–Trinajstić information content (AvgIpc) is 3.05. The number of aromatic nitrogens is 2. The van der Waals surface area contributed by atoms with Gasteiger partial charge in [0.25, 0.3) is 0 Å². The lowest BCUT2D eigenvalue weighted by molar-refractivity contribution is 0.554. The maximum absolute atomic E-state index is 4.71. The Hall–Kier alpha value is -2.35. The van der Waals surface area contributed by atoms with E-state index in [1.807, 2.05) is 6.33 Å². The van der Waals surface area contributed by atoms with Crippen molar-refractivity contribution >= 4 is 0 Å². The minimum atomic E-state index is 0.322. The maximum atomic E-state index is 4.71. The first kappa shape index (κ1) is 16.5. The lowest BCUT2D eigenvalue weighted by atomic mass is 9.86. The fourth-order valence-electron chi connectivity index (χ4n) is 3.23. The molecule has 0 bridgehead atoms. The van der Waals surface area contributed by atoms with E-state index in [0.29, 0.717) is 17.8 Å². The van der Waals surface area contributed by atoms with Crippen LogP contribution in [-0.2, 0) is 0 Å². The number of benzene rings is 2. The standard InChI is InChI=1S/C22H26N2/c1-16(2)18-10-12-20(13-11-18)24-14-21(23-15-24)22(17(3)4)19-8-6-5-7-9-19/h5-17,22H,1-4H3. The Morgan fingerprint density at radius 3 is 2.04 bits per heavy atom. The van der Waals surface area contributed by atoms with Crippen molar-refractivity contribution in [3.63, 3.8) is 0 Å². The monoisotopic (exact) mass is 318 g/mol. The second-order valence-electron chi connectivity index (χ2n) is 7.08. The Balaban J connectivity index is 1.91. The molecule has 1 atom stereocenters. The van der Waals surface area contributed by atoms with E-state index in [4.69, 9.17) is 4.98 Å². The molecule has 3 rings (SSSR count). The van der Waals surface area contributed by atoms with Crippen LogP contribution < -0.4 is 0 Å². The molecule has 24 heavy (non-hydrogen) atoms. The molecule has 3 aromatic rings. The van der Waals surface area contributed by atoms with Crippen molar-refractivity contribution in [1.82, 2.24) is 9.55 Å². The van der Waals surface area contributed by atoms with E-state index in [-0.39, 0.29) is 0 Å². The summed E-state index contributed by atoms with van der Waals surface area (Å²) in [6.45, 7) is 8.96. The Morgan fingerprint density at radius 1 is 0.792 bits per heavy atom. The zero-order chi connectivity index (χ0) is 17.1. The summed E-state index contributed by atoms with van der Waals surface area (Å²) in [4.78, 5) is 4.71. The lowest BCUT2D eigenvalue weighted by Crippen LogP contribution is -2.08. The first-order valence-electron chi connectivity index (χ1n) is 8.75. The van der Waals surface area contributed by atoms with E-state index >= 15 is 0 Å². The van der Waals surface area contributed by atoms with Crippen molar-refractivity contribution < 1.29 is 0 Å². The molecule has 0 amide bonds. The fraction of sp³-hybridized carbons (Fsp3) is 0.318. The van der Waals surface area contributed by atoms with Gasteiger partial charge in [0.05, 0.1) is 12.0 Å². The predicted octanol–water partition coefficient (Wildman–Crippen LogP) is 5.78.